The number of allylic oxidation sites excluding steroid dienone is 1. The first kappa shape index (κ1) is 27.4. The molecule has 1 aromatic carbocycles. The predicted molar refractivity (Wildman–Crippen MR) is 159 cm³/mol. The zero-order valence-electron chi connectivity index (χ0n) is 23.9. The van der Waals surface area contributed by atoms with Crippen LogP contribution in [-0.4, -0.2) is 79.1 Å². The number of aliphatic imine (C=N–C) groups is 2. The van der Waals surface area contributed by atoms with Crippen LogP contribution in [0.25, 0.3) is 5.70 Å². The Morgan fingerprint density at radius 1 is 0.946 bits per heavy atom. The van der Waals surface area contributed by atoms with E-state index in [0.29, 0.717) is 0 Å². The second-order valence-electron chi connectivity index (χ2n) is 11.2. The first-order valence-corrected chi connectivity index (χ1v) is 14.3. The summed E-state index contributed by atoms with van der Waals surface area (Å²) in [5, 5.41) is 0. The quantitative estimate of drug-likeness (QED) is 0.430. The first-order chi connectivity index (χ1) is 17.9. The van der Waals surface area contributed by atoms with Gasteiger partial charge < -0.3 is 14.7 Å². The van der Waals surface area contributed by atoms with Crippen molar-refractivity contribution < 1.29 is 0 Å². The molecule has 0 N–H and O–H groups in total. The molecule has 0 saturated carbocycles. The normalized spacial score (nSPS) is 28.5. The monoisotopic (exact) mass is 501 g/mol. The third-order valence-electron chi connectivity index (χ3n) is 7.98. The van der Waals surface area contributed by atoms with Gasteiger partial charge in [0.2, 0.25) is 0 Å². The van der Waals surface area contributed by atoms with Gasteiger partial charge in [0.1, 0.15) is 5.84 Å². The van der Waals surface area contributed by atoms with Gasteiger partial charge in [0.15, 0.2) is 0 Å². The number of hydrogen-bond donors (Lipinski definition) is 0. The molecule has 200 valence electrons. The van der Waals surface area contributed by atoms with Gasteiger partial charge in [0.25, 0.3) is 0 Å². The number of benzene rings is 1. The van der Waals surface area contributed by atoms with Crippen molar-refractivity contribution in [2.75, 3.05) is 46.8 Å². The summed E-state index contributed by atoms with van der Waals surface area (Å²) in [6.07, 6.45) is 12.7. The number of likely N-dealkylation sites (N-methyl/N-ethyl adjacent to an activating group) is 1. The zero-order valence-corrected chi connectivity index (χ0v) is 23.9. The van der Waals surface area contributed by atoms with Crippen LogP contribution in [0, 0.1) is 6.92 Å². The summed E-state index contributed by atoms with van der Waals surface area (Å²) in [5.74, 6) is 1.09. The second kappa shape index (κ2) is 12.7. The van der Waals surface area contributed by atoms with E-state index in [9.17, 15) is 0 Å². The van der Waals surface area contributed by atoms with Gasteiger partial charge in [-0.05, 0) is 103 Å². The number of fused-ring (bicyclic) bond motifs is 2. The van der Waals surface area contributed by atoms with E-state index < -0.39 is 0 Å². The highest BCUT2D eigenvalue weighted by Gasteiger charge is 2.28. The Labute approximate surface area is 225 Å². The summed E-state index contributed by atoms with van der Waals surface area (Å²) >= 11 is 0. The summed E-state index contributed by atoms with van der Waals surface area (Å²) in [7, 11) is 4.17. The maximum absolute atomic E-state index is 5.13. The van der Waals surface area contributed by atoms with E-state index in [1.54, 1.807) is 0 Å². The van der Waals surface area contributed by atoms with Crippen LogP contribution < -0.4 is 0 Å². The summed E-state index contributed by atoms with van der Waals surface area (Å²) in [6, 6.07) is 7.16. The molecule has 0 unspecified atom stereocenters. The van der Waals surface area contributed by atoms with Crippen molar-refractivity contribution in [1.29, 1.82) is 0 Å². The Bertz CT molecular complexity index is 1090. The largest absolute Gasteiger partial charge is 0.363 e. The number of piperidine rings is 1. The van der Waals surface area contributed by atoms with Crippen molar-refractivity contribution in [2.45, 2.75) is 71.8 Å². The number of nitrogens with zero attached hydrogens (tertiary/aromatic N) is 5. The third-order valence-corrected chi connectivity index (χ3v) is 7.98. The van der Waals surface area contributed by atoms with Gasteiger partial charge in [0, 0.05) is 50.2 Å². The number of aryl methyl sites for hydroxylation is 2. The molecule has 0 aliphatic carbocycles. The lowest BCUT2D eigenvalue weighted by Crippen LogP contribution is -2.43. The van der Waals surface area contributed by atoms with Crippen LogP contribution in [-0.2, 0) is 6.42 Å². The van der Waals surface area contributed by atoms with Crippen molar-refractivity contribution in [3.63, 3.8) is 0 Å². The van der Waals surface area contributed by atoms with Crippen LogP contribution >= 0.6 is 0 Å². The Hall–Kier alpha value is -2.66. The zero-order chi connectivity index (χ0) is 26.4. The van der Waals surface area contributed by atoms with Gasteiger partial charge in [-0.15, -0.1) is 0 Å². The average Bonchev–Trinajstić information content (AvgIpc) is 2.83. The highest BCUT2D eigenvalue weighted by Crippen LogP contribution is 2.31. The molecule has 0 bridgehead atoms. The van der Waals surface area contributed by atoms with E-state index in [1.807, 2.05) is 7.05 Å². The average molecular weight is 502 g/mol. The highest BCUT2D eigenvalue weighted by atomic mass is 15.2. The SMILES string of the molecule is C=C1c2cc(C)ccc2CCCCN(C)C/C(C)=C/C(N2CCC2)=N\C(C)=C\C(=N/C)[C@@H]2CCCCN12. The fourth-order valence-corrected chi connectivity index (χ4v) is 5.84. The van der Waals surface area contributed by atoms with Crippen molar-refractivity contribution >= 4 is 17.2 Å². The van der Waals surface area contributed by atoms with Crippen LogP contribution in [0.1, 0.15) is 69.1 Å². The van der Waals surface area contributed by atoms with E-state index in [-0.39, 0.29) is 6.04 Å². The van der Waals surface area contributed by atoms with Gasteiger partial charge in [-0.3, -0.25) is 4.99 Å². The van der Waals surface area contributed by atoms with Crippen LogP contribution in [0.2, 0.25) is 0 Å². The Balaban J connectivity index is 1.74. The molecular formula is C32H47N5. The standard InChI is InChI=1S/C32H47N5/c1-24-14-15-28-12-7-9-16-35(6)23-25(2)21-32(36-17-11-18-36)34-26(3)22-30(33-5)31-13-8-10-19-37(31)27(4)29(28)20-24/h14-15,20-22,31H,4,7-13,16-19,23H2,1-3,5-6H3/b25-21+,26-22+,33-30+,34-32+/t31-/m0/s1. The summed E-state index contributed by atoms with van der Waals surface area (Å²) < 4.78 is 0. The fourth-order valence-electron chi connectivity index (χ4n) is 5.84. The first-order valence-electron chi connectivity index (χ1n) is 14.3. The van der Waals surface area contributed by atoms with Gasteiger partial charge in [-0.1, -0.05) is 29.8 Å². The molecule has 0 aromatic heterocycles. The summed E-state index contributed by atoms with van der Waals surface area (Å²) in [4.78, 5) is 17.3. The maximum Gasteiger partial charge on any atom is 0.128 e. The molecule has 0 spiro atoms. The summed E-state index contributed by atoms with van der Waals surface area (Å²) in [6.45, 7) is 16.5. The molecule has 37 heavy (non-hydrogen) atoms. The number of rotatable bonds is 0. The molecule has 1 atom stereocenters. The molecule has 3 aliphatic heterocycles. The lowest BCUT2D eigenvalue weighted by molar-refractivity contribution is 0.283. The van der Waals surface area contributed by atoms with E-state index in [1.165, 1.54) is 54.4 Å². The fraction of sp³-hybridized carbons (Fsp3) is 0.562. The molecule has 2 saturated heterocycles. The molecule has 0 amide bonds. The van der Waals surface area contributed by atoms with Crippen molar-refractivity contribution in [3.8, 4) is 0 Å². The minimum Gasteiger partial charge on any atom is -0.363 e. The molecule has 2 fully saturated rings. The molecule has 3 heterocycles. The Morgan fingerprint density at radius 2 is 1.73 bits per heavy atom. The molecule has 0 radical (unpaired) electrons. The lowest BCUT2D eigenvalue weighted by atomic mass is 9.92. The van der Waals surface area contributed by atoms with E-state index in [4.69, 9.17) is 9.98 Å². The molecule has 5 nitrogen and oxygen atoms in total. The minimum atomic E-state index is 0.238. The van der Waals surface area contributed by atoms with E-state index in [2.05, 4.69) is 79.4 Å². The van der Waals surface area contributed by atoms with Gasteiger partial charge in [0.05, 0.1) is 11.8 Å². The van der Waals surface area contributed by atoms with E-state index in [0.717, 1.165) is 68.5 Å². The smallest absolute Gasteiger partial charge is 0.128 e. The maximum atomic E-state index is 5.13. The van der Waals surface area contributed by atoms with Crippen LogP contribution in [0.4, 0.5) is 0 Å². The van der Waals surface area contributed by atoms with Crippen molar-refractivity contribution in [1.82, 2.24) is 14.7 Å². The predicted octanol–water partition coefficient (Wildman–Crippen LogP) is 6.11. The van der Waals surface area contributed by atoms with E-state index >= 15 is 0 Å². The van der Waals surface area contributed by atoms with Crippen molar-refractivity contribution in [3.05, 3.63) is 64.9 Å². The minimum absolute atomic E-state index is 0.238. The molecule has 4 rings (SSSR count). The van der Waals surface area contributed by atoms with Crippen LogP contribution in [0.3, 0.4) is 0 Å². The molecular weight excluding hydrogens is 454 g/mol. The van der Waals surface area contributed by atoms with Crippen molar-refractivity contribution in [2.24, 2.45) is 9.98 Å². The number of amidine groups is 1. The second-order valence-corrected chi connectivity index (χ2v) is 11.2. The Kier molecular flexibility index (Phi) is 9.42. The van der Waals surface area contributed by atoms with Gasteiger partial charge in [-0.25, -0.2) is 4.99 Å². The number of hydrogen-bond acceptors (Lipinski definition) is 5. The highest BCUT2D eigenvalue weighted by molar-refractivity contribution is 6.01. The topological polar surface area (TPSA) is 34.4 Å². The van der Waals surface area contributed by atoms with Crippen LogP contribution in [0.5, 0.6) is 0 Å². The Morgan fingerprint density at radius 3 is 2.46 bits per heavy atom. The molecule has 1 aromatic rings. The lowest BCUT2D eigenvalue weighted by Gasteiger charge is -2.39. The van der Waals surface area contributed by atoms with Crippen LogP contribution in [0.15, 0.2) is 58.2 Å². The summed E-state index contributed by atoms with van der Waals surface area (Å²) in [5.41, 5.74) is 8.68. The molecule has 3 aliphatic rings. The third kappa shape index (κ3) is 7.01. The van der Waals surface area contributed by atoms with Gasteiger partial charge >= 0.3 is 0 Å². The number of likely N-dealkylation sites (tertiary alicyclic amines) is 1. The molecule has 5 heteroatoms. The van der Waals surface area contributed by atoms with Gasteiger partial charge in [-0.2, -0.15) is 0 Å².